The molecular formula is C11H17NO2. The van der Waals surface area contributed by atoms with Gasteiger partial charge in [0.25, 0.3) is 0 Å². The normalized spacial score (nSPS) is 12.5. The van der Waals surface area contributed by atoms with Gasteiger partial charge in [-0.3, -0.25) is 0 Å². The lowest BCUT2D eigenvalue weighted by Gasteiger charge is -2.10. The molecule has 0 saturated heterocycles. The molecule has 0 heterocycles. The molecule has 2 N–H and O–H groups in total. The van der Waals surface area contributed by atoms with E-state index in [2.05, 4.69) is 6.92 Å². The molecule has 0 spiro atoms. The van der Waals surface area contributed by atoms with E-state index in [0.29, 0.717) is 0 Å². The first-order chi connectivity index (χ1) is 6.77. The molecule has 0 bridgehead atoms. The second-order valence-electron chi connectivity index (χ2n) is 3.13. The maximum absolute atomic E-state index is 5.88. The van der Waals surface area contributed by atoms with Gasteiger partial charge in [-0.15, -0.1) is 0 Å². The van der Waals surface area contributed by atoms with Crippen molar-refractivity contribution in [1.29, 1.82) is 0 Å². The predicted octanol–water partition coefficient (Wildman–Crippen LogP) is 2.08. The molecule has 14 heavy (non-hydrogen) atoms. The van der Waals surface area contributed by atoms with E-state index >= 15 is 0 Å². The van der Waals surface area contributed by atoms with E-state index in [1.54, 1.807) is 7.11 Å². The van der Waals surface area contributed by atoms with Crippen molar-refractivity contribution < 1.29 is 9.47 Å². The quantitative estimate of drug-likeness (QED) is 0.731. The zero-order valence-corrected chi connectivity index (χ0v) is 8.69. The summed E-state index contributed by atoms with van der Waals surface area (Å²) in [6, 6.07) is 7.90. The maximum atomic E-state index is 5.88. The standard InChI is InChI=1S/C11H17NO2/c1-3-11(12)9-4-6-10(7-5-9)14-8-13-2/h4-7,11H,3,8,12H2,1-2H3/t11-/m0/s1. The van der Waals surface area contributed by atoms with Crippen LogP contribution in [0.2, 0.25) is 0 Å². The summed E-state index contributed by atoms with van der Waals surface area (Å²) in [7, 11) is 1.60. The number of nitrogens with two attached hydrogens (primary N) is 1. The van der Waals surface area contributed by atoms with Crippen molar-refractivity contribution in [1.82, 2.24) is 0 Å². The minimum absolute atomic E-state index is 0.117. The monoisotopic (exact) mass is 195 g/mol. The van der Waals surface area contributed by atoms with Crippen LogP contribution in [-0.2, 0) is 4.74 Å². The first kappa shape index (κ1) is 11.0. The Morgan fingerprint density at radius 2 is 1.93 bits per heavy atom. The van der Waals surface area contributed by atoms with Crippen LogP contribution >= 0.6 is 0 Å². The minimum Gasteiger partial charge on any atom is -0.468 e. The van der Waals surface area contributed by atoms with Crippen molar-refractivity contribution in [2.75, 3.05) is 13.9 Å². The molecule has 3 nitrogen and oxygen atoms in total. The summed E-state index contributed by atoms with van der Waals surface area (Å²) in [6.45, 7) is 2.35. The fourth-order valence-electron chi connectivity index (χ4n) is 1.17. The van der Waals surface area contributed by atoms with Crippen LogP contribution in [0.1, 0.15) is 24.9 Å². The molecule has 0 aromatic heterocycles. The summed E-state index contributed by atoms with van der Waals surface area (Å²) >= 11 is 0. The van der Waals surface area contributed by atoms with Crippen molar-refractivity contribution in [2.45, 2.75) is 19.4 Å². The number of benzene rings is 1. The molecule has 0 amide bonds. The SMILES string of the molecule is CC[C@H](N)c1ccc(OCOC)cc1. The Morgan fingerprint density at radius 3 is 2.43 bits per heavy atom. The van der Waals surface area contributed by atoms with E-state index in [-0.39, 0.29) is 12.8 Å². The van der Waals surface area contributed by atoms with Crippen molar-refractivity contribution >= 4 is 0 Å². The number of ether oxygens (including phenoxy) is 2. The molecule has 0 aliphatic rings. The first-order valence-corrected chi connectivity index (χ1v) is 4.75. The molecule has 0 radical (unpaired) electrons. The third-order valence-electron chi connectivity index (χ3n) is 2.09. The number of rotatable bonds is 5. The topological polar surface area (TPSA) is 44.5 Å². The Morgan fingerprint density at radius 1 is 1.29 bits per heavy atom. The maximum Gasteiger partial charge on any atom is 0.188 e. The van der Waals surface area contributed by atoms with Crippen LogP contribution in [0.15, 0.2) is 24.3 Å². The fraction of sp³-hybridized carbons (Fsp3) is 0.455. The Kier molecular flexibility index (Phi) is 4.43. The van der Waals surface area contributed by atoms with E-state index in [9.17, 15) is 0 Å². The first-order valence-electron chi connectivity index (χ1n) is 4.75. The van der Waals surface area contributed by atoms with E-state index < -0.39 is 0 Å². The van der Waals surface area contributed by atoms with Gasteiger partial charge in [0.15, 0.2) is 6.79 Å². The summed E-state index contributed by atoms with van der Waals surface area (Å²) in [4.78, 5) is 0. The zero-order valence-electron chi connectivity index (χ0n) is 8.69. The highest BCUT2D eigenvalue weighted by atomic mass is 16.7. The van der Waals surface area contributed by atoms with Gasteiger partial charge in [-0.25, -0.2) is 0 Å². The highest BCUT2D eigenvalue weighted by Crippen LogP contribution is 2.17. The van der Waals surface area contributed by atoms with Crippen LogP contribution in [0.4, 0.5) is 0 Å². The van der Waals surface area contributed by atoms with Crippen LogP contribution in [0, 0.1) is 0 Å². The van der Waals surface area contributed by atoms with E-state index in [1.165, 1.54) is 0 Å². The Hall–Kier alpha value is -1.06. The molecule has 0 unspecified atom stereocenters. The average Bonchev–Trinajstić information content (AvgIpc) is 2.26. The van der Waals surface area contributed by atoms with Gasteiger partial charge in [0.05, 0.1) is 0 Å². The van der Waals surface area contributed by atoms with Gasteiger partial charge in [0.1, 0.15) is 5.75 Å². The van der Waals surface area contributed by atoms with Gasteiger partial charge < -0.3 is 15.2 Å². The van der Waals surface area contributed by atoms with E-state index in [1.807, 2.05) is 24.3 Å². The molecule has 1 aromatic carbocycles. The average molecular weight is 195 g/mol. The third-order valence-corrected chi connectivity index (χ3v) is 2.09. The fourth-order valence-corrected chi connectivity index (χ4v) is 1.17. The second-order valence-corrected chi connectivity index (χ2v) is 3.13. The van der Waals surface area contributed by atoms with Crippen molar-refractivity contribution in [3.8, 4) is 5.75 Å². The Bertz CT molecular complexity index is 258. The van der Waals surface area contributed by atoms with E-state index in [4.69, 9.17) is 15.2 Å². The van der Waals surface area contributed by atoms with Crippen LogP contribution in [0.3, 0.4) is 0 Å². The molecule has 0 saturated carbocycles. The molecule has 1 atom stereocenters. The minimum atomic E-state index is 0.117. The third kappa shape index (κ3) is 3.01. The number of methoxy groups -OCH3 is 1. The molecule has 3 heteroatoms. The lowest BCUT2D eigenvalue weighted by Crippen LogP contribution is -2.08. The van der Waals surface area contributed by atoms with Gasteiger partial charge in [0.2, 0.25) is 0 Å². The Balaban J connectivity index is 2.59. The summed E-state index contributed by atoms with van der Waals surface area (Å²) in [5, 5.41) is 0. The summed E-state index contributed by atoms with van der Waals surface area (Å²) in [5.74, 6) is 0.805. The van der Waals surface area contributed by atoms with Gasteiger partial charge in [-0.05, 0) is 24.1 Å². The summed E-state index contributed by atoms with van der Waals surface area (Å²) in [6.07, 6.45) is 0.943. The second kappa shape index (κ2) is 5.62. The highest BCUT2D eigenvalue weighted by Gasteiger charge is 2.02. The van der Waals surface area contributed by atoms with Crippen LogP contribution < -0.4 is 10.5 Å². The number of hydrogen-bond donors (Lipinski definition) is 1. The van der Waals surface area contributed by atoms with Crippen molar-refractivity contribution in [3.05, 3.63) is 29.8 Å². The van der Waals surface area contributed by atoms with Crippen molar-refractivity contribution in [3.63, 3.8) is 0 Å². The zero-order chi connectivity index (χ0) is 10.4. The smallest absolute Gasteiger partial charge is 0.188 e. The highest BCUT2D eigenvalue weighted by molar-refractivity contribution is 5.28. The van der Waals surface area contributed by atoms with Gasteiger partial charge in [-0.1, -0.05) is 19.1 Å². The lowest BCUT2D eigenvalue weighted by atomic mass is 10.1. The van der Waals surface area contributed by atoms with Crippen molar-refractivity contribution in [2.24, 2.45) is 5.73 Å². The molecule has 0 aliphatic heterocycles. The largest absolute Gasteiger partial charge is 0.468 e. The van der Waals surface area contributed by atoms with Gasteiger partial charge >= 0.3 is 0 Å². The predicted molar refractivity (Wildman–Crippen MR) is 56.2 cm³/mol. The van der Waals surface area contributed by atoms with Gasteiger partial charge in [-0.2, -0.15) is 0 Å². The summed E-state index contributed by atoms with van der Waals surface area (Å²) < 4.78 is 10.1. The van der Waals surface area contributed by atoms with E-state index in [0.717, 1.165) is 17.7 Å². The molecule has 1 aromatic rings. The van der Waals surface area contributed by atoms with Gasteiger partial charge in [0, 0.05) is 13.2 Å². The van der Waals surface area contributed by atoms with Crippen LogP contribution in [0.5, 0.6) is 5.75 Å². The molecule has 78 valence electrons. The molecular weight excluding hydrogens is 178 g/mol. The molecule has 0 fully saturated rings. The lowest BCUT2D eigenvalue weighted by molar-refractivity contribution is 0.0511. The van der Waals surface area contributed by atoms with Crippen LogP contribution in [0.25, 0.3) is 0 Å². The molecule has 1 rings (SSSR count). The Labute approximate surface area is 84.8 Å². The summed E-state index contributed by atoms with van der Waals surface area (Å²) in [5.41, 5.74) is 7.02. The number of hydrogen-bond acceptors (Lipinski definition) is 3. The molecule has 0 aliphatic carbocycles. The van der Waals surface area contributed by atoms with Crippen LogP contribution in [-0.4, -0.2) is 13.9 Å².